The second kappa shape index (κ2) is 9.71. The first-order valence-corrected chi connectivity index (χ1v) is 13.4. The molecule has 1 aliphatic carbocycles. The predicted octanol–water partition coefficient (Wildman–Crippen LogP) is 6.69. The van der Waals surface area contributed by atoms with Crippen molar-refractivity contribution in [3.63, 3.8) is 0 Å². The summed E-state index contributed by atoms with van der Waals surface area (Å²) in [6.45, 7) is 6.03. The van der Waals surface area contributed by atoms with Gasteiger partial charge in [-0.2, -0.15) is 0 Å². The van der Waals surface area contributed by atoms with Gasteiger partial charge in [0.05, 0.1) is 24.5 Å². The van der Waals surface area contributed by atoms with E-state index in [4.69, 9.17) is 25.7 Å². The second-order valence-electron chi connectivity index (χ2n) is 11.0. The normalized spacial score (nSPS) is 20.0. The Balaban J connectivity index is 1.26. The summed E-state index contributed by atoms with van der Waals surface area (Å²) in [6, 6.07) is 13.8. The molecule has 0 radical (unpaired) electrons. The first-order valence-electron chi connectivity index (χ1n) is 13.0. The van der Waals surface area contributed by atoms with Gasteiger partial charge in [0, 0.05) is 22.2 Å². The van der Waals surface area contributed by atoms with E-state index in [-0.39, 0.29) is 12.5 Å². The number of benzene rings is 2. The van der Waals surface area contributed by atoms with Gasteiger partial charge in [0.25, 0.3) is 0 Å². The molecule has 0 saturated heterocycles. The molecular weight excluding hydrogens is 506 g/mol. The zero-order valence-electron chi connectivity index (χ0n) is 21.7. The molecule has 1 aliphatic heterocycles. The Bertz CT molecular complexity index is 1480. The maximum absolute atomic E-state index is 12.4. The van der Waals surface area contributed by atoms with Gasteiger partial charge in [-0.25, -0.2) is 4.79 Å². The summed E-state index contributed by atoms with van der Waals surface area (Å²) in [5.74, 6) is 2.22. The number of ether oxygens (including phenoxy) is 1. The third-order valence-corrected chi connectivity index (χ3v) is 7.41. The van der Waals surface area contributed by atoms with Crippen LogP contribution in [0.15, 0.2) is 47.0 Å². The first kappa shape index (κ1) is 24.9. The molecule has 198 valence electrons. The molecule has 4 aromatic rings. The summed E-state index contributed by atoms with van der Waals surface area (Å²) >= 11 is 6.36. The van der Waals surface area contributed by atoms with Gasteiger partial charge >= 0.3 is 6.16 Å². The number of aromatic nitrogens is 4. The number of carbonyl (C=O) groups is 1. The van der Waals surface area contributed by atoms with Crippen molar-refractivity contribution in [1.82, 2.24) is 25.0 Å². The van der Waals surface area contributed by atoms with E-state index in [0.717, 1.165) is 59.4 Å². The van der Waals surface area contributed by atoms with Crippen LogP contribution in [0.4, 0.5) is 4.79 Å². The van der Waals surface area contributed by atoms with Crippen LogP contribution in [0, 0.1) is 0 Å². The summed E-state index contributed by atoms with van der Waals surface area (Å²) in [4.78, 5) is 18.0. The summed E-state index contributed by atoms with van der Waals surface area (Å²) in [5.41, 5.74) is 3.09. The van der Waals surface area contributed by atoms with Gasteiger partial charge in [0.1, 0.15) is 11.4 Å². The highest BCUT2D eigenvalue weighted by Crippen LogP contribution is 2.42. The molecule has 0 bridgehead atoms. The molecule has 10 heteroatoms. The van der Waals surface area contributed by atoms with Crippen LogP contribution in [0.3, 0.4) is 0 Å². The number of hydroxylamine groups is 2. The molecule has 0 atom stereocenters. The fourth-order valence-corrected chi connectivity index (χ4v) is 5.72. The quantitative estimate of drug-likeness (QED) is 0.268. The van der Waals surface area contributed by atoms with Crippen molar-refractivity contribution in [2.75, 3.05) is 0 Å². The Morgan fingerprint density at radius 2 is 1.79 bits per heavy atom. The number of para-hydroxylation sites is 1. The van der Waals surface area contributed by atoms with Gasteiger partial charge in [-0.1, -0.05) is 28.9 Å². The second-order valence-corrected chi connectivity index (χ2v) is 11.5. The smallest absolute Gasteiger partial charge is 0.427 e. The van der Waals surface area contributed by atoms with E-state index in [0.29, 0.717) is 23.3 Å². The molecule has 1 saturated carbocycles. The number of nitrogens with zero attached hydrogens (tertiary/aromatic N) is 5. The van der Waals surface area contributed by atoms with Crippen molar-refractivity contribution in [2.45, 2.75) is 77.0 Å². The molecule has 0 spiro atoms. The predicted molar refractivity (Wildman–Crippen MR) is 141 cm³/mol. The molecule has 0 unspecified atom stereocenters. The Morgan fingerprint density at radius 1 is 1.03 bits per heavy atom. The Morgan fingerprint density at radius 3 is 2.58 bits per heavy atom. The van der Waals surface area contributed by atoms with Crippen molar-refractivity contribution in [1.29, 1.82) is 0 Å². The maximum Gasteiger partial charge on any atom is 0.528 e. The van der Waals surface area contributed by atoms with Gasteiger partial charge in [0.2, 0.25) is 0 Å². The Labute approximate surface area is 225 Å². The topological polar surface area (TPSA) is 95.5 Å². The lowest BCUT2D eigenvalue weighted by Crippen LogP contribution is -2.31. The summed E-state index contributed by atoms with van der Waals surface area (Å²) < 4.78 is 13.0. The van der Waals surface area contributed by atoms with Gasteiger partial charge in [-0.3, -0.25) is 4.57 Å². The lowest BCUT2D eigenvalue weighted by molar-refractivity contribution is -0.155. The van der Waals surface area contributed by atoms with Gasteiger partial charge < -0.3 is 14.1 Å². The fraction of sp³-hybridized carbons (Fsp3) is 0.429. The minimum atomic E-state index is -0.757. The highest BCUT2D eigenvalue weighted by molar-refractivity contribution is 6.30. The van der Waals surface area contributed by atoms with Crippen molar-refractivity contribution in [3.05, 3.63) is 70.4 Å². The van der Waals surface area contributed by atoms with E-state index in [1.807, 2.05) is 36.4 Å². The molecule has 9 nitrogen and oxygen atoms in total. The maximum atomic E-state index is 12.4. The lowest BCUT2D eigenvalue weighted by atomic mass is 9.79. The molecule has 2 aromatic heterocycles. The van der Waals surface area contributed by atoms with E-state index in [1.165, 1.54) is 0 Å². The largest absolute Gasteiger partial charge is 0.528 e. The van der Waals surface area contributed by atoms with E-state index < -0.39 is 11.8 Å². The molecule has 2 aromatic carbocycles. The average molecular weight is 536 g/mol. The number of rotatable bonds is 3. The van der Waals surface area contributed by atoms with Crippen LogP contribution in [-0.2, 0) is 22.7 Å². The highest BCUT2D eigenvalue weighted by Gasteiger charge is 2.33. The third kappa shape index (κ3) is 4.88. The highest BCUT2D eigenvalue weighted by atomic mass is 35.5. The minimum absolute atomic E-state index is 0.243. The lowest BCUT2D eigenvalue weighted by Gasteiger charge is -2.27. The van der Waals surface area contributed by atoms with E-state index in [9.17, 15) is 4.79 Å². The SMILES string of the molecule is CC(C)(C)OC(=O)ON1Cc2cc(Cl)ccc2-n2c(nnc2[C@H]2CC[C@@H](c3noc4ccccc43)CC2)C1. The molecular formula is C28H30ClN5O4. The van der Waals surface area contributed by atoms with Gasteiger partial charge in [-0.05, 0) is 82.3 Å². The monoisotopic (exact) mass is 535 g/mol. The van der Waals surface area contributed by atoms with Crippen molar-refractivity contribution < 1.29 is 18.9 Å². The van der Waals surface area contributed by atoms with Crippen molar-refractivity contribution in [3.8, 4) is 5.69 Å². The van der Waals surface area contributed by atoms with Crippen molar-refractivity contribution in [2.24, 2.45) is 0 Å². The fourth-order valence-electron chi connectivity index (χ4n) is 5.53. The summed E-state index contributed by atoms with van der Waals surface area (Å²) in [6.07, 6.45) is 3.15. The summed E-state index contributed by atoms with van der Waals surface area (Å²) in [5, 5.41) is 16.8. The van der Waals surface area contributed by atoms with Gasteiger partial charge in [0.15, 0.2) is 11.4 Å². The molecule has 2 aliphatic rings. The number of carbonyl (C=O) groups excluding carboxylic acids is 1. The Kier molecular flexibility index (Phi) is 6.36. The van der Waals surface area contributed by atoms with E-state index in [2.05, 4.69) is 26.0 Å². The van der Waals surface area contributed by atoms with Crippen LogP contribution in [0.5, 0.6) is 0 Å². The van der Waals surface area contributed by atoms with Crippen molar-refractivity contribution >= 4 is 28.7 Å². The van der Waals surface area contributed by atoms with Crippen LogP contribution in [0.1, 0.15) is 81.2 Å². The minimum Gasteiger partial charge on any atom is -0.427 e. The zero-order valence-corrected chi connectivity index (χ0v) is 22.4. The molecule has 3 heterocycles. The molecule has 38 heavy (non-hydrogen) atoms. The Hall–Kier alpha value is -3.43. The number of hydrogen-bond acceptors (Lipinski definition) is 8. The number of hydrogen-bond donors (Lipinski definition) is 0. The van der Waals surface area contributed by atoms with E-state index >= 15 is 0 Å². The van der Waals surface area contributed by atoms with Crippen LogP contribution < -0.4 is 0 Å². The molecule has 0 amide bonds. The van der Waals surface area contributed by atoms with Crippen LogP contribution in [0.25, 0.3) is 16.7 Å². The summed E-state index contributed by atoms with van der Waals surface area (Å²) in [7, 11) is 0. The molecule has 1 fully saturated rings. The zero-order chi connectivity index (χ0) is 26.4. The third-order valence-electron chi connectivity index (χ3n) is 7.18. The molecule has 6 rings (SSSR count). The van der Waals surface area contributed by atoms with Crippen LogP contribution >= 0.6 is 11.6 Å². The number of halogens is 1. The van der Waals surface area contributed by atoms with E-state index in [1.54, 1.807) is 25.8 Å². The average Bonchev–Trinajstić information content (AvgIpc) is 3.44. The van der Waals surface area contributed by atoms with Crippen LogP contribution in [0.2, 0.25) is 5.02 Å². The number of fused-ring (bicyclic) bond motifs is 4. The van der Waals surface area contributed by atoms with Crippen LogP contribution in [-0.4, -0.2) is 36.7 Å². The first-order chi connectivity index (χ1) is 18.2. The molecule has 0 N–H and O–H groups in total. The van der Waals surface area contributed by atoms with Gasteiger partial charge in [-0.15, -0.1) is 15.3 Å². The standard InChI is InChI=1S/C28H30ClN5O4/c1-28(2,3)36-27(35)38-33-15-19-14-20(29)12-13-22(19)34-24(16-33)30-31-26(34)18-10-8-17(9-11-18)25-21-6-4-5-7-23(21)37-32-25/h4-7,12-14,17-18H,8-11,15-16H2,1-3H3/t17-,18+.